The standard InChI is InChI=1S/C17H23N3O6/c1-24-8-4-7-20-15(21)12-6-5-11(9-13(12)16(20)22)19-17(23)18-10-14(25-2)26-3/h5-6,9,14H,4,7-8,10H2,1-3H3,(H2,18,19,23). The largest absolute Gasteiger partial charge is 0.385 e. The van der Waals surface area contributed by atoms with Crippen molar-refractivity contribution < 1.29 is 28.6 Å². The van der Waals surface area contributed by atoms with Crippen LogP contribution in [0.3, 0.4) is 0 Å². The summed E-state index contributed by atoms with van der Waals surface area (Å²) in [5, 5.41) is 5.20. The SMILES string of the molecule is COCCCN1C(=O)c2ccc(NC(=O)NCC(OC)OC)cc2C1=O. The lowest BCUT2D eigenvalue weighted by Gasteiger charge is -2.14. The van der Waals surface area contributed by atoms with Gasteiger partial charge in [-0.2, -0.15) is 0 Å². The third-order valence-corrected chi connectivity index (χ3v) is 3.91. The number of imide groups is 1. The molecule has 1 heterocycles. The van der Waals surface area contributed by atoms with Gasteiger partial charge in [0.15, 0.2) is 6.29 Å². The van der Waals surface area contributed by atoms with Crippen LogP contribution in [-0.2, 0) is 14.2 Å². The van der Waals surface area contributed by atoms with E-state index in [1.165, 1.54) is 31.3 Å². The number of carbonyl (C=O) groups excluding carboxylic acids is 3. The van der Waals surface area contributed by atoms with Crippen LogP contribution in [0.1, 0.15) is 27.1 Å². The first-order chi connectivity index (χ1) is 12.5. The zero-order valence-corrected chi connectivity index (χ0v) is 15.0. The highest BCUT2D eigenvalue weighted by Crippen LogP contribution is 2.26. The fraction of sp³-hybridized carbons (Fsp3) is 0.471. The van der Waals surface area contributed by atoms with Crippen molar-refractivity contribution in [3.05, 3.63) is 29.3 Å². The Kier molecular flexibility index (Phi) is 7.07. The van der Waals surface area contributed by atoms with Gasteiger partial charge >= 0.3 is 6.03 Å². The van der Waals surface area contributed by atoms with Gasteiger partial charge in [-0.15, -0.1) is 0 Å². The predicted octanol–water partition coefficient (Wildman–Crippen LogP) is 1.06. The van der Waals surface area contributed by atoms with Gasteiger partial charge in [0.05, 0.1) is 17.7 Å². The molecule has 0 fully saturated rings. The van der Waals surface area contributed by atoms with Gasteiger partial charge in [0.25, 0.3) is 11.8 Å². The van der Waals surface area contributed by atoms with Gasteiger partial charge in [0.2, 0.25) is 0 Å². The molecular formula is C17H23N3O6. The van der Waals surface area contributed by atoms with Gasteiger partial charge in [-0.25, -0.2) is 4.79 Å². The number of hydrogen-bond acceptors (Lipinski definition) is 6. The lowest BCUT2D eigenvalue weighted by Crippen LogP contribution is -2.36. The minimum absolute atomic E-state index is 0.161. The first-order valence-electron chi connectivity index (χ1n) is 8.11. The van der Waals surface area contributed by atoms with Crippen LogP contribution in [0.25, 0.3) is 0 Å². The van der Waals surface area contributed by atoms with Crippen molar-refractivity contribution in [1.82, 2.24) is 10.2 Å². The molecule has 0 aromatic heterocycles. The zero-order valence-electron chi connectivity index (χ0n) is 15.0. The maximum absolute atomic E-state index is 12.4. The number of nitrogens with zero attached hydrogens (tertiary/aromatic N) is 1. The van der Waals surface area contributed by atoms with Crippen LogP contribution in [0.2, 0.25) is 0 Å². The number of ether oxygens (including phenoxy) is 3. The van der Waals surface area contributed by atoms with Gasteiger partial charge in [0.1, 0.15) is 0 Å². The molecule has 0 spiro atoms. The third kappa shape index (κ3) is 4.57. The Morgan fingerprint density at radius 2 is 1.81 bits per heavy atom. The first kappa shape index (κ1) is 19.8. The molecule has 1 aliphatic heterocycles. The topological polar surface area (TPSA) is 106 Å². The number of anilines is 1. The maximum atomic E-state index is 12.4. The highest BCUT2D eigenvalue weighted by molar-refractivity contribution is 6.21. The molecule has 0 saturated heterocycles. The Balaban J connectivity index is 2.00. The van der Waals surface area contributed by atoms with E-state index >= 15 is 0 Å². The highest BCUT2D eigenvalue weighted by Gasteiger charge is 2.35. The van der Waals surface area contributed by atoms with Crippen LogP contribution >= 0.6 is 0 Å². The first-order valence-corrected chi connectivity index (χ1v) is 8.11. The second-order valence-electron chi connectivity index (χ2n) is 5.60. The fourth-order valence-electron chi connectivity index (χ4n) is 2.55. The van der Waals surface area contributed by atoms with E-state index in [0.717, 1.165) is 0 Å². The number of hydrogen-bond donors (Lipinski definition) is 2. The molecule has 9 heteroatoms. The van der Waals surface area contributed by atoms with Gasteiger partial charge in [0, 0.05) is 40.2 Å². The molecule has 2 rings (SSSR count). The molecule has 1 aliphatic rings. The quantitative estimate of drug-likeness (QED) is 0.385. The van der Waals surface area contributed by atoms with Crippen molar-refractivity contribution in [2.24, 2.45) is 0 Å². The van der Waals surface area contributed by atoms with Gasteiger partial charge in [-0.3, -0.25) is 14.5 Å². The predicted molar refractivity (Wildman–Crippen MR) is 93.1 cm³/mol. The average Bonchev–Trinajstić information content (AvgIpc) is 2.87. The monoisotopic (exact) mass is 365 g/mol. The molecular weight excluding hydrogens is 342 g/mol. The maximum Gasteiger partial charge on any atom is 0.319 e. The summed E-state index contributed by atoms with van der Waals surface area (Å²) >= 11 is 0. The zero-order chi connectivity index (χ0) is 19.1. The van der Waals surface area contributed by atoms with Crippen molar-refractivity contribution in [3.8, 4) is 0 Å². The van der Waals surface area contributed by atoms with E-state index in [9.17, 15) is 14.4 Å². The number of urea groups is 1. The second kappa shape index (κ2) is 9.27. The molecule has 4 amide bonds. The molecule has 1 aromatic carbocycles. The van der Waals surface area contributed by atoms with Crippen molar-refractivity contribution in [1.29, 1.82) is 0 Å². The molecule has 2 N–H and O–H groups in total. The Morgan fingerprint density at radius 1 is 1.12 bits per heavy atom. The molecule has 0 saturated carbocycles. The van der Waals surface area contributed by atoms with Crippen molar-refractivity contribution in [2.75, 3.05) is 46.3 Å². The number of carbonyl (C=O) groups is 3. The van der Waals surface area contributed by atoms with E-state index in [1.54, 1.807) is 13.2 Å². The highest BCUT2D eigenvalue weighted by atomic mass is 16.7. The van der Waals surface area contributed by atoms with Crippen molar-refractivity contribution >= 4 is 23.5 Å². The fourth-order valence-corrected chi connectivity index (χ4v) is 2.55. The van der Waals surface area contributed by atoms with Gasteiger partial charge in [-0.05, 0) is 24.6 Å². The molecule has 26 heavy (non-hydrogen) atoms. The summed E-state index contributed by atoms with van der Waals surface area (Å²) in [6.45, 7) is 0.914. The van der Waals surface area contributed by atoms with E-state index in [2.05, 4.69) is 10.6 Å². The summed E-state index contributed by atoms with van der Waals surface area (Å²) in [5.41, 5.74) is 1.02. The molecule has 0 aliphatic carbocycles. The summed E-state index contributed by atoms with van der Waals surface area (Å²) < 4.78 is 14.9. The molecule has 0 radical (unpaired) electrons. The van der Waals surface area contributed by atoms with Crippen LogP contribution in [0.5, 0.6) is 0 Å². The summed E-state index contributed by atoms with van der Waals surface area (Å²) in [6.07, 6.45) is 0.0102. The summed E-state index contributed by atoms with van der Waals surface area (Å²) in [4.78, 5) is 37.9. The number of fused-ring (bicyclic) bond motifs is 1. The number of methoxy groups -OCH3 is 3. The summed E-state index contributed by atoms with van der Waals surface area (Å²) in [7, 11) is 4.50. The second-order valence-corrected chi connectivity index (χ2v) is 5.60. The Hall–Kier alpha value is -2.49. The minimum Gasteiger partial charge on any atom is -0.385 e. The lowest BCUT2D eigenvalue weighted by atomic mass is 10.1. The molecule has 0 unspecified atom stereocenters. The molecule has 0 bridgehead atoms. The van der Waals surface area contributed by atoms with Crippen LogP contribution in [-0.4, -0.2) is 70.1 Å². The van der Waals surface area contributed by atoms with Crippen LogP contribution in [0.15, 0.2) is 18.2 Å². The van der Waals surface area contributed by atoms with E-state index in [4.69, 9.17) is 14.2 Å². The molecule has 1 aromatic rings. The Morgan fingerprint density at radius 3 is 2.46 bits per heavy atom. The third-order valence-electron chi connectivity index (χ3n) is 3.91. The van der Waals surface area contributed by atoms with E-state index in [1.807, 2.05) is 0 Å². The number of rotatable bonds is 9. The normalized spacial score (nSPS) is 13.3. The van der Waals surface area contributed by atoms with Crippen molar-refractivity contribution in [3.63, 3.8) is 0 Å². The number of amides is 4. The van der Waals surface area contributed by atoms with Crippen LogP contribution in [0.4, 0.5) is 10.5 Å². The summed E-state index contributed by atoms with van der Waals surface area (Å²) in [6, 6.07) is 4.13. The van der Waals surface area contributed by atoms with Gasteiger partial charge in [-0.1, -0.05) is 0 Å². The van der Waals surface area contributed by atoms with E-state index in [-0.39, 0.29) is 23.9 Å². The van der Waals surface area contributed by atoms with E-state index < -0.39 is 12.3 Å². The van der Waals surface area contributed by atoms with Gasteiger partial charge < -0.3 is 24.8 Å². The molecule has 9 nitrogen and oxygen atoms in total. The van der Waals surface area contributed by atoms with Crippen molar-refractivity contribution in [2.45, 2.75) is 12.7 Å². The smallest absolute Gasteiger partial charge is 0.319 e. The Bertz CT molecular complexity index is 674. The summed E-state index contributed by atoms with van der Waals surface area (Å²) in [5.74, 6) is -0.705. The molecule has 142 valence electrons. The molecule has 0 atom stereocenters. The minimum atomic E-state index is -0.555. The van der Waals surface area contributed by atoms with E-state index in [0.29, 0.717) is 30.8 Å². The number of nitrogens with one attached hydrogen (secondary N) is 2. The van der Waals surface area contributed by atoms with Crippen LogP contribution < -0.4 is 10.6 Å². The van der Waals surface area contributed by atoms with Crippen LogP contribution in [0, 0.1) is 0 Å². The average molecular weight is 365 g/mol. The Labute approximate surface area is 151 Å². The number of benzene rings is 1. The lowest BCUT2D eigenvalue weighted by molar-refractivity contribution is -0.0970.